The topological polar surface area (TPSA) is 75.3 Å². The first-order valence-electron chi connectivity index (χ1n) is 8.14. The zero-order valence-corrected chi connectivity index (χ0v) is 15.3. The molecule has 2 aromatic rings. The van der Waals surface area contributed by atoms with Gasteiger partial charge in [0.1, 0.15) is 0 Å². The molecule has 2 N–H and O–H groups in total. The number of fused-ring (bicyclic) bond motifs is 2. The maximum atomic E-state index is 12.9. The monoisotopic (exact) mass is 374 g/mol. The predicted octanol–water partition coefficient (Wildman–Crippen LogP) is 3.26. The molecule has 25 heavy (non-hydrogen) atoms. The first kappa shape index (κ1) is 16.6. The lowest BCUT2D eigenvalue weighted by Gasteiger charge is -2.25. The number of nitrogens with one attached hydrogen (secondary N) is 2. The Morgan fingerprint density at radius 2 is 1.96 bits per heavy atom. The Labute approximate surface area is 151 Å². The summed E-state index contributed by atoms with van der Waals surface area (Å²) in [5.41, 5.74) is 2.44. The van der Waals surface area contributed by atoms with Crippen molar-refractivity contribution in [3.8, 4) is 0 Å². The fraction of sp³-hybridized carbons (Fsp3) is 0.278. The third kappa shape index (κ3) is 2.96. The van der Waals surface area contributed by atoms with Gasteiger partial charge in [0.05, 0.1) is 10.8 Å². The van der Waals surface area contributed by atoms with E-state index in [1.165, 1.54) is 0 Å². The molecule has 7 heteroatoms. The molecule has 0 aliphatic carbocycles. The molecule has 2 aliphatic heterocycles. The van der Waals surface area contributed by atoms with Crippen LogP contribution in [0.5, 0.6) is 0 Å². The Morgan fingerprint density at radius 1 is 1.16 bits per heavy atom. The number of thioether (sulfide) groups is 1. The van der Waals surface area contributed by atoms with Gasteiger partial charge in [0.15, 0.2) is 0 Å². The average molecular weight is 374 g/mol. The minimum atomic E-state index is -3.66. The van der Waals surface area contributed by atoms with Crippen LogP contribution in [0.15, 0.2) is 52.3 Å². The average Bonchev–Trinajstić information content (AvgIpc) is 2.89. The van der Waals surface area contributed by atoms with Gasteiger partial charge in [0, 0.05) is 16.6 Å². The van der Waals surface area contributed by atoms with Gasteiger partial charge in [-0.05, 0) is 54.5 Å². The molecule has 2 heterocycles. The first-order chi connectivity index (χ1) is 12.0. The third-order valence-electron chi connectivity index (χ3n) is 4.71. The molecule has 1 amide bonds. The molecule has 5 nitrogen and oxygen atoms in total. The highest BCUT2D eigenvalue weighted by Gasteiger charge is 2.30. The van der Waals surface area contributed by atoms with Gasteiger partial charge in [-0.1, -0.05) is 18.2 Å². The van der Waals surface area contributed by atoms with Crippen LogP contribution in [0.4, 0.5) is 5.69 Å². The lowest BCUT2D eigenvalue weighted by Crippen LogP contribution is -2.30. The highest BCUT2D eigenvalue weighted by Crippen LogP contribution is 2.37. The second-order valence-corrected chi connectivity index (χ2v) is 9.16. The molecule has 0 spiro atoms. The van der Waals surface area contributed by atoms with E-state index in [2.05, 4.69) is 10.0 Å². The van der Waals surface area contributed by atoms with Crippen molar-refractivity contribution in [2.75, 3.05) is 11.1 Å². The number of carbonyl (C=O) groups excluding carboxylic acids is 1. The van der Waals surface area contributed by atoms with Crippen molar-refractivity contribution in [3.63, 3.8) is 0 Å². The van der Waals surface area contributed by atoms with E-state index in [0.29, 0.717) is 5.69 Å². The van der Waals surface area contributed by atoms with Crippen LogP contribution in [-0.4, -0.2) is 20.1 Å². The fourth-order valence-corrected chi connectivity index (χ4v) is 5.69. The van der Waals surface area contributed by atoms with Crippen LogP contribution in [0.3, 0.4) is 0 Å². The number of hydrogen-bond donors (Lipinski definition) is 2. The zero-order valence-electron chi connectivity index (χ0n) is 13.7. The molecule has 0 unspecified atom stereocenters. The van der Waals surface area contributed by atoms with Crippen LogP contribution in [-0.2, 0) is 14.8 Å². The summed E-state index contributed by atoms with van der Waals surface area (Å²) in [6.07, 6.45) is 0.752. The normalized spacial score (nSPS) is 22.2. The number of amides is 1. The first-order valence-corrected chi connectivity index (χ1v) is 10.6. The molecule has 0 saturated carbocycles. The van der Waals surface area contributed by atoms with Gasteiger partial charge in [-0.2, -0.15) is 0 Å². The standard InChI is InChI=1S/C18H18N2O3S2/c1-11-14-10-12(6-7-15(14)19-18(11)21)25(22,23)20-16-8-9-24-17-5-3-2-4-13(16)17/h2-7,10-11,16,20H,8-9H2,1H3,(H,19,21)/t11-,16-/m1/s1. The predicted molar refractivity (Wildman–Crippen MR) is 98.3 cm³/mol. The summed E-state index contributed by atoms with van der Waals surface area (Å²) in [4.78, 5) is 13.1. The molecule has 0 saturated heterocycles. The Hall–Kier alpha value is -1.83. The van der Waals surface area contributed by atoms with Crippen molar-refractivity contribution in [3.05, 3.63) is 53.6 Å². The Balaban J connectivity index is 1.65. The summed E-state index contributed by atoms with van der Waals surface area (Å²) in [6.45, 7) is 1.78. The van der Waals surface area contributed by atoms with E-state index in [1.807, 2.05) is 24.3 Å². The van der Waals surface area contributed by atoms with Crippen molar-refractivity contribution >= 4 is 33.4 Å². The van der Waals surface area contributed by atoms with Crippen molar-refractivity contribution in [1.29, 1.82) is 0 Å². The molecule has 0 radical (unpaired) electrons. The number of carbonyl (C=O) groups is 1. The Bertz CT molecular complexity index is 957. The Morgan fingerprint density at radius 3 is 2.80 bits per heavy atom. The van der Waals surface area contributed by atoms with Gasteiger partial charge < -0.3 is 5.32 Å². The summed E-state index contributed by atoms with van der Waals surface area (Å²) in [7, 11) is -3.66. The van der Waals surface area contributed by atoms with E-state index in [9.17, 15) is 13.2 Å². The van der Waals surface area contributed by atoms with Gasteiger partial charge in [0.2, 0.25) is 15.9 Å². The number of rotatable bonds is 3. The Kier molecular flexibility index (Phi) is 4.10. The van der Waals surface area contributed by atoms with E-state index < -0.39 is 10.0 Å². The smallest absolute Gasteiger partial charge is 0.241 e. The highest BCUT2D eigenvalue weighted by atomic mass is 32.2. The van der Waals surface area contributed by atoms with Crippen molar-refractivity contribution in [2.45, 2.75) is 35.1 Å². The summed E-state index contributed by atoms with van der Waals surface area (Å²) < 4.78 is 28.6. The van der Waals surface area contributed by atoms with E-state index in [0.717, 1.165) is 28.2 Å². The van der Waals surface area contributed by atoms with Gasteiger partial charge in [-0.25, -0.2) is 13.1 Å². The van der Waals surface area contributed by atoms with E-state index in [-0.39, 0.29) is 22.8 Å². The maximum absolute atomic E-state index is 12.9. The van der Waals surface area contributed by atoms with Crippen molar-refractivity contribution < 1.29 is 13.2 Å². The second kappa shape index (κ2) is 6.16. The highest BCUT2D eigenvalue weighted by molar-refractivity contribution is 7.99. The lowest BCUT2D eigenvalue weighted by molar-refractivity contribution is -0.116. The van der Waals surface area contributed by atoms with Crippen LogP contribution in [0.2, 0.25) is 0 Å². The fourth-order valence-electron chi connectivity index (χ4n) is 3.28. The minimum Gasteiger partial charge on any atom is -0.325 e. The molecular formula is C18H18N2O3S2. The van der Waals surface area contributed by atoms with Gasteiger partial charge in [-0.15, -0.1) is 11.8 Å². The molecule has 130 valence electrons. The van der Waals surface area contributed by atoms with Gasteiger partial charge in [-0.3, -0.25) is 4.79 Å². The minimum absolute atomic E-state index is 0.101. The molecule has 2 atom stereocenters. The SMILES string of the molecule is C[C@H]1C(=O)Nc2ccc(S(=O)(=O)N[C@@H]3CCSc4ccccc43)cc21. The number of hydrogen-bond acceptors (Lipinski definition) is 4. The quantitative estimate of drug-likeness (QED) is 0.865. The summed E-state index contributed by atoms with van der Waals surface area (Å²) in [6, 6.07) is 12.5. The summed E-state index contributed by atoms with van der Waals surface area (Å²) >= 11 is 1.75. The van der Waals surface area contributed by atoms with Crippen LogP contribution in [0.25, 0.3) is 0 Å². The largest absolute Gasteiger partial charge is 0.325 e. The van der Waals surface area contributed by atoms with Crippen LogP contribution in [0.1, 0.15) is 36.4 Å². The molecule has 2 aromatic carbocycles. The van der Waals surface area contributed by atoms with Gasteiger partial charge in [0.25, 0.3) is 0 Å². The summed E-state index contributed by atoms with van der Waals surface area (Å²) in [5.74, 6) is 0.441. The van der Waals surface area contributed by atoms with Crippen LogP contribution >= 0.6 is 11.8 Å². The van der Waals surface area contributed by atoms with Crippen molar-refractivity contribution in [1.82, 2.24) is 4.72 Å². The molecule has 2 aliphatic rings. The third-order valence-corrected chi connectivity index (χ3v) is 7.30. The number of benzene rings is 2. The maximum Gasteiger partial charge on any atom is 0.241 e. The van der Waals surface area contributed by atoms with Crippen LogP contribution in [0, 0.1) is 0 Å². The zero-order chi connectivity index (χ0) is 17.6. The van der Waals surface area contributed by atoms with Crippen LogP contribution < -0.4 is 10.0 Å². The number of sulfonamides is 1. The van der Waals surface area contributed by atoms with E-state index >= 15 is 0 Å². The second-order valence-electron chi connectivity index (χ2n) is 6.31. The lowest BCUT2D eigenvalue weighted by atomic mass is 10.0. The molecule has 4 rings (SSSR count). The van der Waals surface area contributed by atoms with Gasteiger partial charge >= 0.3 is 0 Å². The van der Waals surface area contributed by atoms with E-state index in [4.69, 9.17) is 0 Å². The summed E-state index contributed by atoms with van der Waals surface area (Å²) in [5, 5.41) is 2.76. The molecular weight excluding hydrogens is 356 g/mol. The van der Waals surface area contributed by atoms with Crippen molar-refractivity contribution in [2.24, 2.45) is 0 Å². The van der Waals surface area contributed by atoms with E-state index in [1.54, 1.807) is 36.9 Å². The molecule has 0 aromatic heterocycles. The molecule has 0 fully saturated rings. The molecule has 0 bridgehead atoms. The number of anilines is 1.